The van der Waals surface area contributed by atoms with Crippen LogP contribution in [-0.2, 0) is 4.79 Å². The lowest BCUT2D eigenvalue weighted by Gasteiger charge is -2.08. The molecule has 1 amide bonds. The maximum Gasteiger partial charge on any atom is 0.246 e. The van der Waals surface area contributed by atoms with E-state index in [0.29, 0.717) is 17.3 Å². The predicted octanol–water partition coefficient (Wildman–Crippen LogP) is 2.48. The molecule has 19 heavy (non-hydrogen) atoms. The quantitative estimate of drug-likeness (QED) is 0.889. The summed E-state index contributed by atoms with van der Waals surface area (Å²) in [4.78, 5) is 11.6. The average Bonchev–Trinajstić information content (AvgIpc) is 2.73. The lowest BCUT2D eigenvalue weighted by atomic mass is 10.2. The summed E-state index contributed by atoms with van der Waals surface area (Å²) in [5.74, 6) is -0.260. The van der Waals surface area contributed by atoms with Crippen LogP contribution in [0.4, 0.5) is 16.0 Å². The lowest BCUT2D eigenvalue weighted by molar-refractivity contribution is -0.114. The Kier molecular flexibility index (Phi) is 3.79. The summed E-state index contributed by atoms with van der Waals surface area (Å²) in [6, 6.07) is 5.96. The molecule has 2 rings (SSSR count). The minimum Gasteiger partial charge on any atom is -0.376 e. The maximum atomic E-state index is 12.9. The highest BCUT2D eigenvalue weighted by molar-refractivity contribution is 5.92. The van der Waals surface area contributed by atoms with E-state index in [-0.39, 0.29) is 18.3 Å². The normalized spacial score (nSPS) is 10.3. The summed E-state index contributed by atoms with van der Waals surface area (Å²) >= 11 is 0. The van der Waals surface area contributed by atoms with E-state index in [1.54, 1.807) is 26.0 Å². The number of benzene rings is 1. The van der Waals surface area contributed by atoms with Crippen LogP contribution in [0, 0.1) is 19.7 Å². The molecule has 100 valence electrons. The van der Waals surface area contributed by atoms with E-state index in [4.69, 9.17) is 4.52 Å². The van der Waals surface area contributed by atoms with Crippen LogP contribution in [0.3, 0.4) is 0 Å². The van der Waals surface area contributed by atoms with Crippen molar-refractivity contribution in [2.24, 2.45) is 0 Å². The smallest absolute Gasteiger partial charge is 0.246 e. The Morgan fingerprint density at radius 2 is 2.16 bits per heavy atom. The van der Waals surface area contributed by atoms with Crippen molar-refractivity contribution in [3.8, 4) is 0 Å². The van der Waals surface area contributed by atoms with Crippen LogP contribution >= 0.6 is 0 Å². The Balaban J connectivity index is 1.89. The van der Waals surface area contributed by atoms with Crippen molar-refractivity contribution < 1.29 is 13.7 Å². The van der Waals surface area contributed by atoms with Gasteiger partial charge in [-0.05, 0) is 37.6 Å². The molecule has 2 N–H and O–H groups in total. The number of aromatic nitrogens is 1. The average molecular weight is 263 g/mol. The Labute approximate surface area is 109 Å². The van der Waals surface area contributed by atoms with Crippen LogP contribution in [0.1, 0.15) is 11.3 Å². The highest BCUT2D eigenvalue weighted by Crippen LogP contribution is 2.15. The number of anilines is 2. The minimum absolute atomic E-state index is 0.0617. The van der Waals surface area contributed by atoms with Crippen molar-refractivity contribution in [2.45, 2.75) is 13.8 Å². The zero-order chi connectivity index (χ0) is 13.8. The molecular weight excluding hydrogens is 249 g/mol. The van der Waals surface area contributed by atoms with Gasteiger partial charge in [-0.2, -0.15) is 0 Å². The van der Waals surface area contributed by atoms with E-state index in [0.717, 1.165) is 5.56 Å². The fraction of sp³-hybridized carbons (Fsp3) is 0.231. The number of nitrogens with one attached hydrogen (secondary N) is 2. The second kappa shape index (κ2) is 5.51. The molecule has 2 aromatic rings. The van der Waals surface area contributed by atoms with Gasteiger partial charge >= 0.3 is 0 Å². The number of hydrogen-bond donors (Lipinski definition) is 2. The topological polar surface area (TPSA) is 67.2 Å². The second-order valence-electron chi connectivity index (χ2n) is 4.19. The Bertz CT molecular complexity index is 595. The first-order valence-corrected chi connectivity index (χ1v) is 5.78. The molecule has 0 unspecified atom stereocenters. The van der Waals surface area contributed by atoms with Crippen LogP contribution in [0.5, 0.6) is 0 Å². The van der Waals surface area contributed by atoms with E-state index in [1.165, 1.54) is 12.1 Å². The van der Waals surface area contributed by atoms with Gasteiger partial charge in [0.25, 0.3) is 0 Å². The van der Waals surface area contributed by atoms with E-state index < -0.39 is 0 Å². The molecule has 1 aromatic heterocycles. The molecule has 1 heterocycles. The number of carbonyl (C=O) groups is 1. The largest absolute Gasteiger partial charge is 0.376 e. The van der Waals surface area contributed by atoms with Gasteiger partial charge in [0.2, 0.25) is 11.8 Å². The molecule has 0 aliphatic carbocycles. The van der Waals surface area contributed by atoms with E-state index in [9.17, 15) is 9.18 Å². The number of rotatable bonds is 4. The molecule has 0 spiro atoms. The van der Waals surface area contributed by atoms with Crippen LogP contribution in [0.2, 0.25) is 0 Å². The van der Waals surface area contributed by atoms with Gasteiger partial charge in [0, 0.05) is 11.8 Å². The second-order valence-corrected chi connectivity index (χ2v) is 4.19. The van der Waals surface area contributed by atoms with Crippen molar-refractivity contribution in [3.05, 3.63) is 41.3 Å². The standard InChI is InChI=1S/C13H14FN3O2/c1-8-5-10(14)3-4-11(8)15-7-12(18)16-13-6-9(2)17-19-13/h3-6,15H,7H2,1-2H3,(H,16,18). The molecule has 0 saturated heterocycles. The number of halogens is 1. The first-order valence-electron chi connectivity index (χ1n) is 5.78. The van der Waals surface area contributed by atoms with Gasteiger partial charge in [-0.3, -0.25) is 10.1 Å². The van der Waals surface area contributed by atoms with Gasteiger partial charge < -0.3 is 9.84 Å². The maximum absolute atomic E-state index is 12.9. The third-order valence-corrected chi connectivity index (χ3v) is 2.52. The molecule has 0 fully saturated rings. The predicted molar refractivity (Wildman–Crippen MR) is 69.5 cm³/mol. The molecule has 5 nitrogen and oxygen atoms in total. The SMILES string of the molecule is Cc1cc(NC(=O)CNc2ccc(F)cc2C)on1. The van der Waals surface area contributed by atoms with Crippen LogP contribution in [0.15, 0.2) is 28.8 Å². The van der Waals surface area contributed by atoms with Gasteiger partial charge in [0.05, 0.1) is 12.2 Å². The number of hydrogen-bond acceptors (Lipinski definition) is 4. The van der Waals surface area contributed by atoms with Crippen LogP contribution in [-0.4, -0.2) is 17.6 Å². The summed E-state index contributed by atoms with van der Waals surface area (Å²) in [7, 11) is 0. The molecular formula is C13H14FN3O2. The summed E-state index contributed by atoms with van der Waals surface area (Å²) in [6.07, 6.45) is 0. The van der Waals surface area contributed by atoms with Gasteiger partial charge in [0.1, 0.15) is 5.82 Å². The van der Waals surface area contributed by atoms with Crippen molar-refractivity contribution in [1.82, 2.24) is 5.16 Å². The Morgan fingerprint density at radius 1 is 1.37 bits per heavy atom. The molecule has 6 heteroatoms. The summed E-state index contributed by atoms with van der Waals surface area (Å²) in [5.41, 5.74) is 2.14. The number of aryl methyl sites for hydroxylation is 2. The highest BCUT2D eigenvalue weighted by atomic mass is 19.1. The highest BCUT2D eigenvalue weighted by Gasteiger charge is 2.07. The minimum atomic E-state index is -0.301. The van der Waals surface area contributed by atoms with E-state index in [1.807, 2.05) is 0 Å². The number of nitrogens with zero attached hydrogens (tertiary/aromatic N) is 1. The molecule has 0 radical (unpaired) electrons. The zero-order valence-electron chi connectivity index (χ0n) is 10.7. The zero-order valence-corrected chi connectivity index (χ0v) is 10.7. The van der Waals surface area contributed by atoms with Crippen molar-refractivity contribution in [1.29, 1.82) is 0 Å². The molecule has 0 aliphatic rings. The summed E-state index contributed by atoms with van der Waals surface area (Å²) < 4.78 is 17.8. The van der Waals surface area contributed by atoms with Crippen LogP contribution in [0.25, 0.3) is 0 Å². The van der Waals surface area contributed by atoms with Crippen molar-refractivity contribution >= 4 is 17.5 Å². The first-order chi connectivity index (χ1) is 9.04. The first kappa shape index (κ1) is 13.1. The fourth-order valence-corrected chi connectivity index (χ4v) is 1.61. The Morgan fingerprint density at radius 3 is 2.79 bits per heavy atom. The molecule has 0 atom stereocenters. The molecule has 0 aliphatic heterocycles. The van der Waals surface area contributed by atoms with Gasteiger partial charge in [0.15, 0.2) is 0 Å². The molecule has 0 saturated carbocycles. The van der Waals surface area contributed by atoms with Crippen molar-refractivity contribution in [3.63, 3.8) is 0 Å². The Hall–Kier alpha value is -2.37. The van der Waals surface area contributed by atoms with E-state index in [2.05, 4.69) is 15.8 Å². The summed E-state index contributed by atoms with van der Waals surface area (Å²) in [5, 5.41) is 9.15. The van der Waals surface area contributed by atoms with Gasteiger partial charge in [-0.25, -0.2) is 4.39 Å². The summed E-state index contributed by atoms with van der Waals surface area (Å²) in [6.45, 7) is 3.59. The third-order valence-electron chi connectivity index (χ3n) is 2.52. The molecule has 0 bridgehead atoms. The molecule has 1 aromatic carbocycles. The van der Waals surface area contributed by atoms with Gasteiger partial charge in [-0.1, -0.05) is 5.16 Å². The third kappa shape index (κ3) is 3.54. The lowest BCUT2D eigenvalue weighted by Crippen LogP contribution is -2.21. The number of amides is 1. The van der Waals surface area contributed by atoms with Crippen LogP contribution < -0.4 is 10.6 Å². The fourth-order valence-electron chi connectivity index (χ4n) is 1.61. The van der Waals surface area contributed by atoms with Gasteiger partial charge in [-0.15, -0.1) is 0 Å². The monoisotopic (exact) mass is 263 g/mol. The van der Waals surface area contributed by atoms with Crippen molar-refractivity contribution in [2.75, 3.05) is 17.2 Å². The number of carbonyl (C=O) groups excluding carboxylic acids is 1. The van der Waals surface area contributed by atoms with E-state index >= 15 is 0 Å².